The van der Waals surface area contributed by atoms with Crippen LogP contribution >= 0.6 is 22.7 Å². The minimum absolute atomic E-state index is 0.198. The molecule has 4 rings (SSSR count). The van der Waals surface area contributed by atoms with Crippen molar-refractivity contribution in [1.29, 1.82) is 0 Å². The number of thiophene rings is 2. The molecule has 1 aromatic carbocycles. The van der Waals surface area contributed by atoms with E-state index in [2.05, 4.69) is 40.8 Å². The predicted octanol–water partition coefficient (Wildman–Crippen LogP) is 4.23. The first-order chi connectivity index (χ1) is 11.7. The Hall–Kier alpha value is -1.69. The highest BCUT2D eigenvalue weighted by Crippen LogP contribution is 2.31. The summed E-state index contributed by atoms with van der Waals surface area (Å²) < 4.78 is 1.20. The molecular weight excluding hydrogens is 336 g/mol. The molecule has 0 bridgehead atoms. The molecular formula is C19H20N2OS2. The van der Waals surface area contributed by atoms with Gasteiger partial charge in [-0.25, -0.2) is 0 Å². The molecule has 1 aliphatic heterocycles. The van der Waals surface area contributed by atoms with Gasteiger partial charge in [0.1, 0.15) is 0 Å². The summed E-state index contributed by atoms with van der Waals surface area (Å²) in [7, 11) is 0. The number of aryl methyl sites for hydroxylation is 1. The van der Waals surface area contributed by atoms with Gasteiger partial charge in [0, 0.05) is 37.4 Å². The van der Waals surface area contributed by atoms with Crippen LogP contribution in [0.1, 0.15) is 20.8 Å². The number of nitrogens with zero attached hydrogens (tertiary/aromatic N) is 2. The molecule has 1 fully saturated rings. The van der Waals surface area contributed by atoms with E-state index in [1.807, 2.05) is 17.0 Å². The number of carbonyl (C=O) groups excluding carboxylic acids is 1. The Balaban J connectivity index is 1.45. The number of hydrogen-bond donors (Lipinski definition) is 0. The second-order valence-electron chi connectivity index (χ2n) is 6.25. The zero-order valence-corrected chi connectivity index (χ0v) is 15.3. The summed E-state index contributed by atoms with van der Waals surface area (Å²) in [6.07, 6.45) is 0. The average molecular weight is 357 g/mol. The van der Waals surface area contributed by atoms with E-state index in [4.69, 9.17) is 0 Å². The molecule has 0 saturated carbocycles. The standard InChI is InChI=1S/C19H20N2OS2/c1-14-16-4-2-3-5-17(16)24-18(14)19(22)21-9-7-20(8-10-21)12-15-6-11-23-13-15/h2-6,11,13H,7-10,12H2,1H3. The van der Waals surface area contributed by atoms with E-state index in [-0.39, 0.29) is 5.91 Å². The van der Waals surface area contributed by atoms with Crippen LogP contribution in [0.25, 0.3) is 10.1 Å². The van der Waals surface area contributed by atoms with Crippen molar-refractivity contribution in [2.24, 2.45) is 0 Å². The molecule has 1 saturated heterocycles. The Bertz CT molecular complexity index is 846. The lowest BCUT2D eigenvalue weighted by molar-refractivity contribution is 0.0633. The van der Waals surface area contributed by atoms with E-state index >= 15 is 0 Å². The fourth-order valence-electron chi connectivity index (χ4n) is 3.27. The van der Waals surface area contributed by atoms with Crippen LogP contribution in [0, 0.1) is 6.92 Å². The quantitative estimate of drug-likeness (QED) is 0.701. The van der Waals surface area contributed by atoms with Crippen LogP contribution in [-0.4, -0.2) is 41.9 Å². The normalized spacial score (nSPS) is 16.0. The Kier molecular flexibility index (Phi) is 4.39. The Morgan fingerprint density at radius 1 is 1.12 bits per heavy atom. The predicted molar refractivity (Wildman–Crippen MR) is 102 cm³/mol. The van der Waals surface area contributed by atoms with Crippen molar-refractivity contribution in [3.05, 3.63) is 57.1 Å². The first kappa shape index (κ1) is 15.8. The van der Waals surface area contributed by atoms with Gasteiger partial charge < -0.3 is 4.90 Å². The van der Waals surface area contributed by atoms with Gasteiger partial charge in [0.25, 0.3) is 5.91 Å². The summed E-state index contributed by atoms with van der Waals surface area (Å²) >= 11 is 3.37. The molecule has 0 radical (unpaired) electrons. The highest BCUT2D eigenvalue weighted by Gasteiger charge is 2.25. The third-order valence-electron chi connectivity index (χ3n) is 4.68. The molecule has 0 N–H and O–H groups in total. The molecule has 3 aromatic rings. The topological polar surface area (TPSA) is 23.6 Å². The Morgan fingerprint density at radius 2 is 1.92 bits per heavy atom. The molecule has 0 unspecified atom stereocenters. The second-order valence-corrected chi connectivity index (χ2v) is 8.08. The number of rotatable bonds is 3. The first-order valence-corrected chi connectivity index (χ1v) is 9.99. The molecule has 0 atom stereocenters. The van der Waals surface area contributed by atoms with Crippen LogP contribution in [0.15, 0.2) is 41.1 Å². The summed E-state index contributed by atoms with van der Waals surface area (Å²) in [5, 5.41) is 5.54. The van der Waals surface area contributed by atoms with Gasteiger partial charge in [-0.1, -0.05) is 18.2 Å². The van der Waals surface area contributed by atoms with Gasteiger partial charge in [-0.3, -0.25) is 9.69 Å². The zero-order valence-electron chi connectivity index (χ0n) is 13.7. The van der Waals surface area contributed by atoms with Crippen molar-refractivity contribution in [2.75, 3.05) is 26.2 Å². The maximum absolute atomic E-state index is 12.9. The maximum Gasteiger partial charge on any atom is 0.264 e. The first-order valence-electron chi connectivity index (χ1n) is 8.23. The Morgan fingerprint density at radius 3 is 2.62 bits per heavy atom. The van der Waals surface area contributed by atoms with Gasteiger partial charge in [-0.05, 0) is 46.3 Å². The fraction of sp³-hybridized carbons (Fsp3) is 0.316. The third kappa shape index (κ3) is 2.99. The fourth-order valence-corrected chi connectivity index (χ4v) is 5.11. The van der Waals surface area contributed by atoms with Gasteiger partial charge in [0.15, 0.2) is 0 Å². The van der Waals surface area contributed by atoms with Crippen LogP contribution < -0.4 is 0 Å². The number of carbonyl (C=O) groups is 1. The van der Waals surface area contributed by atoms with E-state index in [1.165, 1.54) is 15.6 Å². The van der Waals surface area contributed by atoms with Crippen LogP contribution in [0.3, 0.4) is 0 Å². The minimum Gasteiger partial charge on any atom is -0.335 e. The maximum atomic E-state index is 12.9. The molecule has 1 amide bonds. The van der Waals surface area contributed by atoms with Gasteiger partial charge in [-0.2, -0.15) is 11.3 Å². The van der Waals surface area contributed by atoms with Crippen molar-refractivity contribution in [3.63, 3.8) is 0 Å². The number of hydrogen-bond acceptors (Lipinski definition) is 4. The summed E-state index contributed by atoms with van der Waals surface area (Å²) in [6.45, 7) is 6.59. The van der Waals surface area contributed by atoms with Crippen molar-refractivity contribution < 1.29 is 4.79 Å². The van der Waals surface area contributed by atoms with E-state index in [0.717, 1.165) is 43.2 Å². The summed E-state index contributed by atoms with van der Waals surface area (Å²) in [5.74, 6) is 0.198. The monoisotopic (exact) mass is 356 g/mol. The van der Waals surface area contributed by atoms with Gasteiger partial charge in [0.05, 0.1) is 4.88 Å². The van der Waals surface area contributed by atoms with E-state index < -0.39 is 0 Å². The largest absolute Gasteiger partial charge is 0.335 e. The summed E-state index contributed by atoms with van der Waals surface area (Å²) in [5.41, 5.74) is 2.50. The van der Waals surface area contributed by atoms with Crippen LogP contribution in [-0.2, 0) is 6.54 Å². The highest BCUT2D eigenvalue weighted by atomic mass is 32.1. The number of benzene rings is 1. The second kappa shape index (κ2) is 6.67. The molecule has 124 valence electrons. The lowest BCUT2D eigenvalue weighted by atomic mass is 10.1. The van der Waals surface area contributed by atoms with Gasteiger partial charge in [-0.15, -0.1) is 11.3 Å². The average Bonchev–Trinajstić information content (AvgIpc) is 3.23. The summed E-state index contributed by atoms with van der Waals surface area (Å²) in [6, 6.07) is 10.5. The molecule has 0 aliphatic carbocycles. The third-order valence-corrected chi connectivity index (χ3v) is 6.68. The Labute approximate surface area is 150 Å². The van der Waals surface area contributed by atoms with E-state index in [9.17, 15) is 4.79 Å². The minimum atomic E-state index is 0.198. The lowest BCUT2D eigenvalue weighted by Crippen LogP contribution is -2.48. The van der Waals surface area contributed by atoms with Gasteiger partial charge in [0.2, 0.25) is 0 Å². The van der Waals surface area contributed by atoms with Crippen LogP contribution in [0.4, 0.5) is 0 Å². The molecule has 5 heteroatoms. The van der Waals surface area contributed by atoms with Gasteiger partial charge >= 0.3 is 0 Å². The number of amides is 1. The van der Waals surface area contributed by atoms with Crippen molar-refractivity contribution >= 4 is 38.7 Å². The zero-order chi connectivity index (χ0) is 16.5. The molecule has 3 nitrogen and oxygen atoms in total. The smallest absolute Gasteiger partial charge is 0.264 e. The van der Waals surface area contributed by atoms with Crippen molar-refractivity contribution in [3.8, 4) is 0 Å². The lowest BCUT2D eigenvalue weighted by Gasteiger charge is -2.34. The number of piperazine rings is 1. The van der Waals surface area contributed by atoms with E-state index in [1.54, 1.807) is 22.7 Å². The van der Waals surface area contributed by atoms with Crippen LogP contribution in [0.2, 0.25) is 0 Å². The molecule has 0 spiro atoms. The molecule has 3 heterocycles. The highest BCUT2D eigenvalue weighted by molar-refractivity contribution is 7.21. The molecule has 24 heavy (non-hydrogen) atoms. The SMILES string of the molecule is Cc1c(C(=O)N2CCN(Cc3ccsc3)CC2)sc2ccccc12. The number of fused-ring (bicyclic) bond motifs is 1. The van der Waals surface area contributed by atoms with Crippen molar-refractivity contribution in [2.45, 2.75) is 13.5 Å². The molecule has 1 aliphatic rings. The van der Waals surface area contributed by atoms with Crippen LogP contribution in [0.5, 0.6) is 0 Å². The van der Waals surface area contributed by atoms with E-state index in [0.29, 0.717) is 0 Å². The van der Waals surface area contributed by atoms with Crippen molar-refractivity contribution in [1.82, 2.24) is 9.80 Å². The summed E-state index contributed by atoms with van der Waals surface area (Å²) in [4.78, 5) is 18.3. The molecule has 2 aromatic heterocycles.